The number of rotatable bonds is 3. The van der Waals surface area contributed by atoms with Gasteiger partial charge >= 0.3 is 0 Å². The van der Waals surface area contributed by atoms with Gasteiger partial charge in [-0.3, -0.25) is 0 Å². The Morgan fingerprint density at radius 1 is 1.05 bits per heavy atom. The normalized spacial score (nSPS) is 13.8. The van der Waals surface area contributed by atoms with E-state index in [4.69, 9.17) is 4.74 Å². The summed E-state index contributed by atoms with van der Waals surface area (Å²) in [6, 6.07) is 11.2. The van der Waals surface area contributed by atoms with Crippen molar-refractivity contribution in [3.8, 4) is 17.2 Å². The Hall–Kier alpha value is -2.42. The van der Waals surface area contributed by atoms with Crippen molar-refractivity contribution in [1.29, 1.82) is 0 Å². The van der Waals surface area contributed by atoms with Gasteiger partial charge in [-0.15, -0.1) is 0 Å². The van der Waals surface area contributed by atoms with E-state index in [-0.39, 0.29) is 5.75 Å². The van der Waals surface area contributed by atoms with Crippen LogP contribution in [0.25, 0.3) is 0 Å². The van der Waals surface area contributed by atoms with E-state index in [9.17, 15) is 10.2 Å². The fraction of sp³-hybridized carbons (Fsp3) is 0.263. The molecule has 0 atom stereocenters. The van der Waals surface area contributed by atoms with Crippen molar-refractivity contribution in [2.75, 3.05) is 6.61 Å². The summed E-state index contributed by atoms with van der Waals surface area (Å²) >= 11 is 0. The van der Waals surface area contributed by atoms with Crippen LogP contribution in [-0.4, -0.2) is 16.8 Å². The van der Waals surface area contributed by atoms with Gasteiger partial charge in [0.05, 0.1) is 0 Å². The summed E-state index contributed by atoms with van der Waals surface area (Å²) < 4.78 is 5.78. The third-order valence-electron chi connectivity index (χ3n) is 4.03. The smallest absolute Gasteiger partial charge is 0.127 e. The molecule has 0 saturated carbocycles. The fourth-order valence-electron chi connectivity index (χ4n) is 2.69. The first-order valence-corrected chi connectivity index (χ1v) is 7.53. The summed E-state index contributed by atoms with van der Waals surface area (Å²) in [6.45, 7) is 2.59. The molecule has 0 bridgehead atoms. The zero-order valence-corrected chi connectivity index (χ0v) is 12.7. The lowest BCUT2D eigenvalue weighted by molar-refractivity contribution is 0.348. The third kappa shape index (κ3) is 3.08. The molecule has 1 aliphatic rings. The van der Waals surface area contributed by atoms with Crippen molar-refractivity contribution >= 4 is 0 Å². The van der Waals surface area contributed by atoms with Crippen LogP contribution in [0.1, 0.15) is 23.6 Å². The molecule has 0 spiro atoms. The topological polar surface area (TPSA) is 49.7 Å². The fourth-order valence-corrected chi connectivity index (χ4v) is 2.69. The molecular formula is C19H20O3. The molecule has 0 aliphatic carbocycles. The van der Waals surface area contributed by atoms with Gasteiger partial charge in [0, 0.05) is 5.56 Å². The lowest BCUT2D eigenvalue weighted by Gasteiger charge is -2.12. The minimum absolute atomic E-state index is 0.288. The van der Waals surface area contributed by atoms with Gasteiger partial charge in [0.25, 0.3) is 0 Å². The minimum Gasteiger partial charge on any atom is -0.508 e. The Morgan fingerprint density at radius 3 is 2.68 bits per heavy atom. The number of para-hydroxylation sites is 1. The van der Waals surface area contributed by atoms with Crippen LogP contribution in [0.3, 0.4) is 0 Å². The number of allylic oxidation sites excluding steroid dienone is 1. The first kappa shape index (κ1) is 14.5. The highest BCUT2D eigenvalue weighted by Gasteiger charge is 2.14. The Kier molecular flexibility index (Phi) is 4.05. The van der Waals surface area contributed by atoms with E-state index in [0.717, 1.165) is 35.3 Å². The van der Waals surface area contributed by atoms with E-state index >= 15 is 0 Å². The molecule has 2 aromatic carbocycles. The predicted molar refractivity (Wildman–Crippen MR) is 86.6 cm³/mol. The third-order valence-corrected chi connectivity index (χ3v) is 4.03. The lowest BCUT2D eigenvalue weighted by Crippen LogP contribution is -1.99. The zero-order valence-electron chi connectivity index (χ0n) is 12.7. The predicted octanol–water partition coefficient (Wildman–Crippen LogP) is 3.76. The maximum Gasteiger partial charge on any atom is 0.127 e. The highest BCUT2D eigenvalue weighted by molar-refractivity contribution is 5.49. The molecule has 1 aliphatic heterocycles. The van der Waals surface area contributed by atoms with Crippen LogP contribution in [0.5, 0.6) is 17.2 Å². The monoisotopic (exact) mass is 296 g/mol. The van der Waals surface area contributed by atoms with Crippen LogP contribution in [0.15, 0.2) is 48.0 Å². The molecule has 2 N–H and O–H groups in total. The first-order chi connectivity index (χ1) is 10.6. The average molecular weight is 296 g/mol. The lowest BCUT2D eigenvalue weighted by atomic mass is 10.00. The molecule has 0 saturated heterocycles. The molecule has 2 aromatic rings. The zero-order chi connectivity index (χ0) is 15.5. The van der Waals surface area contributed by atoms with Gasteiger partial charge in [0.1, 0.15) is 23.9 Å². The van der Waals surface area contributed by atoms with E-state index in [1.807, 2.05) is 31.2 Å². The molecule has 3 rings (SSSR count). The molecule has 3 heteroatoms. The van der Waals surface area contributed by atoms with E-state index in [1.54, 1.807) is 12.1 Å². The largest absolute Gasteiger partial charge is 0.508 e. The maximum absolute atomic E-state index is 10.2. The molecule has 0 fully saturated rings. The number of phenols is 2. The van der Waals surface area contributed by atoms with Crippen molar-refractivity contribution in [2.24, 2.45) is 0 Å². The number of aryl methyl sites for hydroxylation is 2. The van der Waals surface area contributed by atoms with Crippen LogP contribution in [0.4, 0.5) is 0 Å². The first-order valence-electron chi connectivity index (χ1n) is 7.53. The second-order valence-electron chi connectivity index (χ2n) is 5.76. The number of hydrogen-bond acceptors (Lipinski definition) is 3. The van der Waals surface area contributed by atoms with Crippen molar-refractivity contribution in [3.05, 3.63) is 64.7 Å². The number of hydrogen-bond donors (Lipinski definition) is 2. The minimum atomic E-state index is 0.288. The quantitative estimate of drug-likeness (QED) is 0.848. The van der Waals surface area contributed by atoms with Crippen LogP contribution in [0, 0.1) is 0 Å². The Morgan fingerprint density at radius 2 is 1.86 bits per heavy atom. The average Bonchev–Trinajstić information content (AvgIpc) is 2.69. The summed E-state index contributed by atoms with van der Waals surface area (Å²) in [6.07, 6.45) is 4.26. The molecule has 0 amide bonds. The number of benzene rings is 2. The number of phenolic OH excluding ortho intramolecular Hbond substituents is 2. The molecule has 0 radical (unpaired) electrons. The van der Waals surface area contributed by atoms with Gasteiger partial charge in [0.2, 0.25) is 0 Å². The number of aromatic hydroxyl groups is 2. The Balaban J connectivity index is 1.79. The van der Waals surface area contributed by atoms with E-state index in [2.05, 4.69) is 6.08 Å². The summed E-state index contributed by atoms with van der Waals surface area (Å²) in [5, 5.41) is 20.1. The molecule has 0 aromatic heterocycles. The number of fused-ring (bicyclic) bond motifs is 1. The molecular weight excluding hydrogens is 276 g/mol. The Labute approximate surface area is 130 Å². The van der Waals surface area contributed by atoms with Gasteiger partial charge in [-0.05, 0) is 61.1 Å². The summed E-state index contributed by atoms with van der Waals surface area (Å²) in [7, 11) is 0. The molecule has 22 heavy (non-hydrogen) atoms. The highest BCUT2D eigenvalue weighted by Crippen LogP contribution is 2.33. The highest BCUT2D eigenvalue weighted by atomic mass is 16.5. The van der Waals surface area contributed by atoms with E-state index in [0.29, 0.717) is 18.8 Å². The summed E-state index contributed by atoms with van der Waals surface area (Å²) in [4.78, 5) is 0. The van der Waals surface area contributed by atoms with Crippen molar-refractivity contribution < 1.29 is 14.9 Å². The van der Waals surface area contributed by atoms with Gasteiger partial charge in [-0.25, -0.2) is 0 Å². The van der Waals surface area contributed by atoms with Crippen molar-refractivity contribution in [2.45, 2.75) is 26.2 Å². The van der Waals surface area contributed by atoms with Gasteiger partial charge in [-0.2, -0.15) is 0 Å². The SMILES string of the molecule is CC1=CCc2c(O)cc(CCc3ccccc3O)cc2OC1. The van der Waals surface area contributed by atoms with E-state index in [1.165, 1.54) is 5.57 Å². The molecule has 3 nitrogen and oxygen atoms in total. The summed E-state index contributed by atoms with van der Waals surface area (Å²) in [5.74, 6) is 1.37. The van der Waals surface area contributed by atoms with Gasteiger partial charge in [-0.1, -0.05) is 24.3 Å². The van der Waals surface area contributed by atoms with Crippen molar-refractivity contribution in [3.63, 3.8) is 0 Å². The number of ether oxygens (including phenoxy) is 1. The molecule has 114 valence electrons. The Bertz CT molecular complexity index is 717. The maximum atomic E-state index is 10.2. The van der Waals surface area contributed by atoms with Crippen LogP contribution in [-0.2, 0) is 19.3 Å². The standard InChI is InChI=1S/C19H20O3/c1-13-6-9-16-18(21)10-14(11-19(16)22-12-13)7-8-15-4-2-3-5-17(15)20/h2-6,10-11,20-21H,7-9,12H2,1H3. The second kappa shape index (κ2) is 6.14. The van der Waals surface area contributed by atoms with Crippen LogP contribution < -0.4 is 4.74 Å². The van der Waals surface area contributed by atoms with Crippen LogP contribution in [0.2, 0.25) is 0 Å². The molecule has 0 unspecified atom stereocenters. The van der Waals surface area contributed by atoms with Gasteiger partial charge < -0.3 is 14.9 Å². The second-order valence-corrected chi connectivity index (χ2v) is 5.76. The molecule has 1 heterocycles. The van der Waals surface area contributed by atoms with E-state index < -0.39 is 0 Å². The van der Waals surface area contributed by atoms with Gasteiger partial charge in [0.15, 0.2) is 0 Å². The van der Waals surface area contributed by atoms with Crippen molar-refractivity contribution in [1.82, 2.24) is 0 Å². The summed E-state index contributed by atoms with van der Waals surface area (Å²) in [5.41, 5.74) is 3.95. The van der Waals surface area contributed by atoms with Crippen LogP contribution >= 0.6 is 0 Å².